The van der Waals surface area contributed by atoms with E-state index in [0.717, 1.165) is 25.0 Å². The molecule has 0 aliphatic carbocycles. The topological polar surface area (TPSA) is 24.4 Å². The van der Waals surface area contributed by atoms with Crippen LogP contribution in [0.15, 0.2) is 17.1 Å². The molecule has 1 rings (SSSR count). The summed E-state index contributed by atoms with van der Waals surface area (Å²) in [5.74, 6) is 0. The fourth-order valence-corrected chi connectivity index (χ4v) is 2.45. The summed E-state index contributed by atoms with van der Waals surface area (Å²) in [6.07, 6.45) is 2.09. The molecule has 0 aromatic rings. The van der Waals surface area contributed by atoms with Gasteiger partial charge in [-0.2, -0.15) is 0 Å². The molecule has 0 amide bonds. The molecule has 1 saturated heterocycles. The molecule has 0 spiro atoms. The van der Waals surface area contributed by atoms with Crippen molar-refractivity contribution in [3.05, 3.63) is 12.2 Å². The number of piperidine rings is 1. The van der Waals surface area contributed by atoms with Crippen molar-refractivity contribution >= 4 is 5.71 Å². The lowest BCUT2D eigenvalue weighted by molar-refractivity contribution is 0.252. The molecule has 86 valence electrons. The van der Waals surface area contributed by atoms with Crippen LogP contribution in [0.1, 0.15) is 47.5 Å². The largest absolute Gasteiger partial charge is 0.306 e. The van der Waals surface area contributed by atoms with Crippen LogP contribution in [0.25, 0.3) is 0 Å². The van der Waals surface area contributed by atoms with Crippen LogP contribution in [0.2, 0.25) is 0 Å². The Bertz CT molecular complexity index is 267. The van der Waals surface area contributed by atoms with Crippen LogP contribution in [0.3, 0.4) is 0 Å². The zero-order valence-electron chi connectivity index (χ0n) is 10.8. The van der Waals surface area contributed by atoms with Gasteiger partial charge >= 0.3 is 0 Å². The summed E-state index contributed by atoms with van der Waals surface area (Å²) in [5.41, 5.74) is 2.79. The van der Waals surface area contributed by atoms with Gasteiger partial charge in [-0.05, 0) is 34.6 Å². The molecule has 2 nitrogen and oxygen atoms in total. The summed E-state index contributed by atoms with van der Waals surface area (Å²) in [4.78, 5) is 4.65. The van der Waals surface area contributed by atoms with Crippen LogP contribution in [-0.2, 0) is 0 Å². The van der Waals surface area contributed by atoms with Gasteiger partial charge in [0.1, 0.15) is 0 Å². The number of hydrogen-bond donors (Lipinski definition) is 1. The molecule has 1 aliphatic heterocycles. The summed E-state index contributed by atoms with van der Waals surface area (Å²) < 4.78 is 0. The maximum atomic E-state index is 4.65. The van der Waals surface area contributed by atoms with Gasteiger partial charge in [-0.15, -0.1) is 0 Å². The normalized spacial score (nSPS) is 23.7. The zero-order chi connectivity index (χ0) is 11.7. The van der Waals surface area contributed by atoms with E-state index in [4.69, 9.17) is 0 Å². The SMILES string of the molecule is C=C(C)CN=C1CC(C)(C)NC(C)(C)C1. The molecule has 1 heterocycles. The summed E-state index contributed by atoms with van der Waals surface area (Å²) in [5, 5.41) is 3.65. The van der Waals surface area contributed by atoms with Crippen molar-refractivity contribution in [1.29, 1.82) is 0 Å². The fraction of sp³-hybridized carbons (Fsp3) is 0.769. The standard InChI is InChI=1S/C13H24N2/c1-10(2)9-14-11-7-12(3,4)15-13(5,6)8-11/h15H,1,7-9H2,2-6H3. The van der Waals surface area contributed by atoms with Crippen LogP contribution in [0, 0.1) is 0 Å². The third-order valence-corrected chi connectivity index (χ3v) is 2.54. The van der Waals surface area contributed by atoms with Crippen LogP contribution in [0.5, 0.6) is 0 Å². The summed E-state index contributed by atoms with van der Waals surface area (Å²) in [6, 6.07) is 0. The molecule has 0 aromatic carbocycles. The van der Waals surface area contributed by atoms with Gasteiger partial charge in [0.2, 0.25) is 0 Å². The van der Waals surface area contributed by atoms with E-state index in [1.165, 1.54) is 5.71 Å². The van der Waals surface area contributed by atoms with Gasteiger partial charge in [0, 0.05) is 29.6 Å². The minimum Gasteiger partial charge on any atom is -0.306 e. The quantitative estimate of drug-likeness (QED) is 0.693. The van der Waals surface area contributed by atoms with E-state index in [1.54, 1.807) is 0 Å². The predicted molar refractivity (Wildman–Crippen MR) is 67.6 cm³/mol. The molecule has 0 atom stereocenters. The van der Waals surface area contributed by atoms with Crippen LogP contribution in [-0.4, -0.2) is 23.3 Å². The van der Waals surface area contributed by atoms with Gasteiger partial charge in [0.05, 0.1) is 6.54 Å². The highest BCUT2D eigenvalue weighted by atomic mass is 15.1. The highest BCUT2D eigenvalue weighted by molar-refractivity contribution is 5.87. The van der Waals surface area contributed by atoms with Gasteiger partial charge in [0.25, 0.3) is 0 Å². The van der Waals surface area contributed by atoms with Gasteiger partial charge in [-0.1, -0.05) is 12.2 Å². The fourth-order valence-electron chi connectivity index (χ4n) is 2.45. The Morgan fingerprint density at radius 1 is 1.27 bits per heavy atom. The molecular weight excluding hydrogens is 184 g/mol. The average Bonchev–Trinajstić information content (AvgIpc) is 1.94. The van der Waals surface area contributed by atoms with Crippen molar-refractivity contribution in [2.24, 2.45) is 4.99 Å². The first kappa shape index (κ1) is 12.4. The highest BCUT2D eigenvalue weighted by Crippen LogP contribution is 2.26. The average molecular weight is 208 g/mol. The third-order valence-electron chi connectivity index (χ3n) is 2.54. The molecule has 0 aromatic heterocycles. The zero-order valence-corrected chi connectivity index (χ0v) is 10.8. The molecular formula is C13H24N2. The second-order valence-electron chi connectivity index (χ2n) is 6.09. The lowest BCUT2D eigenvalue weighted by Crippen LogP contribution is -2.58. The van der Waals surface area contributed by atoms with Crippen LogP contribution >= 0.6 is 0 Å². The number of nitrogens with zero attached hydrogens (tertiary/aromatic N) is 1. The van der Waals surface area contributed by atoms with E-state index in [0.29, 0.717) is 0 Å². The number of hydrogen-bond acceptors (Lipinski definition) is 2. The van der Waals surface area contributed by atoms with Gasteiger partial charge in [0.15, 0.2) is 0 Å². The Morgan fingerprint density at radius 3 is 2.13 bits per heavy atom. The second-order valence-corrected chi connectivity index (χ2v) is 6.09. The van der Waals surface area contributed by atoms with Crippen molar-refractivity contribution in [2.45, 2.75) is 58.5 Å². The second kappa shape index (κ2) is 4.09. The summed E-state index contributed by atoms with van der Waals surface area (Å²) in [6.45, 7) is 15.7. The Morgan fingerprint density at radius 2 is 1.73 bits per heavy atom. The molecule has 1 aliphatic rings. The number of aliphatic imine (C=N–C) groups is 1. The molecule has 0 saturated carbocycles. The molecule has 1 fully saturated rings. The lowest BCUT2D eigenvalue weighted by Gasteiger charge is -2.43. The van der Waals surface area contributed by atoms with Crippen molar-refractivity contribution in [3.8, 4) is 0 Å². The Balaban J connectivity index is 2.75. The summed E-state index contributed by atoms with van der Waals surface area (Å²) >= 11 is 0. The molecule has 15 heavy (non-hydrogen) atoms. The molecule has 0 radical (unpaired) electrons. The van der Waals surface area contributed by atoms with Crippen molar-refractivity contribution < 1.29 is 0 Å². The van der Waals surface area contributed by atoms with Crippen molar-refractivity contribution in [3.63, 3.8) is 0 Å². The van der Waals surface area contributed by atoms with Crippen LogP contribution < -0.4 is 5.32 Å². The molecule has 2 heteroatoms. The van der Waals surface area contributed by atoms with E-state index >= 15 is 0 Å². The smallest absolute Gasteiger partial charge is 0.0593 e. The maximum absolute atomic E-state index is 4.65. The number of nitrogens with one attached hydrogen (secondary N) is 1. The van der Waals surface area contributed by atoms with Crippen molar-refractivity contribution in [1.82, 2.24) is 5.32 Å². The van der Waals surface area contributed by atoms with E-state index in [1.807, 2.05) is 6.92 Å². The van der Waals surface area contributed by atoms with Gasteiger partial charge < -0.3 is 5.32 Å². The van der Waals surface area contributed by atoms with Crippen molar-refractivity contribution in [2.75, 3.05) is 6.54 Å². The van der Waals surface area contributed by atoms with Gasteiger partial charge in [-0.3, -0.25) is 4.99 Å². The first-order valence-corrected chi connectivity index (χ1v) is 5.66. The minimum atomic E-state index is 0.162. The molecule has 0 bridgehead atoms. The van der Waals surface area contributed by atoms with E-state index in [2.05, 4.69) is 44.6 Å². The molecule has 0 unspecified atom stereocenters. The summed E-state index contributed by atoms with van der Waals surface area (Å²) in [7, 11) is 0. The van der Waals surface area contributed by atoms with E-state index < -0.39 is 0 Å². The van der Waals surface area contributed by atoms with E-state index in [-0.39, 0.29) is 11.1 Å². The Hall–Kier alpha value is -0.630. The molecule has 1 N–H and O–H groups in total. The van der Waals surface area contributed by atoms with Gasteiger partial charge in [-0.25, -0.2) is 0 Å². The lowest BCUT2D eigenvalue weighted by atomic mass is 9.81. The predicted octanol–water partition coefficient (Wildman–Crippen LogP) is 2.94. The van der Waals surface area contributed by atoms with Crippen LogP contribution in [0.4, 0.5) is 0 Å². The Labute approximate surface area is 93.9 Å². The third kappa shape index (κ3) is 4.17. The maximum Gasteiger partial charge on any atom is 0.0593 e. The van der Waals surface area contributed by atoms with E-state index in [9.17, 15) is 0 Å². The monoisotopic (exact) mass is 208 g/mol. The highest BCUT2D eigenvalue weighted by Gasteiger charge is 2.35. The Kier molecular flexibility index (Phi) is 3.39. The first-order chi connectivity index (χ1) is 6.70. The minimum absolute atomic E-state index is 0.162. The first-order valence-electron chi connectivity index (χ1n) is 5.66. The number of rotatable bonds is 2.